The van der Waals surface area contributed by atoms with Crippen LogP contribution in [-0.4, -0.2) is 29.1 Å². The summed E-state index contributed by atoms with van der Waals surface area (Å²) in [4.78, 5) is 39.6. The van der Waals surface area contributed by atoms with Gasteiger partial charge in [-0.1, -0.05) is 47.6 Å². The lowest BCUT2D eigenvalue weighted by atomic mass is 10.0. The van der Waals surface area contributed by atoms with E-state index in [2.05, 4.69) is 10.6 Å². The fraction of sp³-hybridized carbons (Fsp3) is 0.174. The van der Waals surface area contributed by atoms with Gasteiger partial charge in [-0.25, -0.2) is 4.79 Å². The number of hydrogen-bond donors (Lipinski definition) is 2. The second kappa shape index (κ2) is 8.97. The zero-order valence-electron chi connectivity index (χ0n) is 17.2. The molecule has 9 heteroatoms. The molecule has 2 heterocycles. The molecule has 1 aliphatic heterocycles. The van der Waals surface area contributed by atoms with Crippen molar-refractivity contribution in [3.05, 3.63) is 64.5 Å². The second-order valence-corrected chi connectivity index (χ2v) is 9.90. The molecule has 0 aliphatic carbocycles. The van der Waals surface area contributed by atoms with Crippen LogP contribution in [0.3, 0.4) is 0 Å². The highest BCUT2D eigenvalue weighted by atomic mass is 35.5. The van der Waals surface area contributed by atoms with E-state index in [9.17, 15) is 14.4 Å². The number of halogens is 1. The summed E-state index contributed by atoms with van der Waals surface area (Å²) in [5.74, 6) is -1.50. The number of thioether (sulfide) groups is 1. The molecule has 6 nitrogen and oxygen atoms in total. The summed E-state index contributed by atoms with van der Waals surface area (Å²) < 4.78 is 3.83. The van der Waals surface area contributed by atoms with Crippen LogP contribution in [-0.2, 0) is 14.3 Å². The Kier molecular flexibility index (Phi) is 6.28. The minimum atomic E-state index is -1.41. The van der Waals surface area contributed by atoms with Crippen LogP contribution in [0, 0.1) is 0 Å². The Hall–Kier alpha value is -2.81. The van der Waals surface area contributed by atoms with Crippen LogP contribution in [0.2, 0.25) is 5.02 Å². The van der Waals surface area contributed by atoms with Gasteiger partial charge in [-0.05, 0) is 43.7 Å². The number of ether oxygens (including phenoxy) is 1. The van der Waals surface area contributed by atoms with Gasteiger partial charge in [0.1, 0.15) is 10.6 Å². The molecule has 0 fully saturated rings. The van der Waals surface area contributed by atoms with Crippen molar-refractivity contribution in [2.75, 3.05) is 17.2 Å². The van der Waals surface area contributed by atoms with Gasteiger partial charge in [0, 0.05) is 20.9 Å². The second-order valence-electron chi connectivity index (χ2n) is 7.12. The Bertz CT molecular complexity index is 1210. The van der Waals surface area contributed by atoms with E-state index in [1.165, 1.54) is 23.1 Å². The molecule has 2 N–H and O–H groups in total. The number of para-hydroxylation sites is 1. The Morgan fingerprint density at radius 3 is 2.59 bits per heavy atom. The normalized spacial score (nSPS) is 17.3. The van der Waals surface area contributed by atoms with E-state index in [1.54, 1.807) is 49.6 Å². The number of esters is 1. The highest BCUT2D eigenvalue weighted by molar-refractivity contribution is 8.02. The Morgan fingerprint density at radius 2 is 1.88 bits per heavy atom. The van der Waals surface area contributed by atoms with Crippen molar-refractivity contribution in [2.45, 2.75) is 23.5 Å². The fourth-order valence-corrected chi connectivity index (χ4v) is 5.42. The topological polar surface area (TPSA) is 84.5 Å². The summed E-state index contributed by atoms with van der Waals surface area (Å²) in [5.41, 5.74) is 2.30. The minimum absolute atomic E-state index is 0.189. The zero-order valence-corrected chi connectivity index (χ0v) is 19.6. The van der Waals surface area contributed by atoms with E-state index in [4.69, 9.17) is 16.3 Å². The molecule has 0 radical (unpaired) electrons. The quantitative estimate of drug-likeness (QED) is 0.357. The maximum Gasteiger partial charge on any atom is 0.341 e. The van der Waals surface area contributed by atoms with Crippen molar-refractivity contribution in [1.82, 2.24) is 0 Å². The van der Waals surface area contributed by atoms with Gasteiger partial charge in [0.2, 0.25) is 5.91 Å². The van der Waals surface area contributed by atoms with Gasteiger partial charge >= 0.3 is 5.97 Å². The lowest BCUT2D eigenvalue weighted by Crippen LogP contribution is -2.49. The van der Waals surface area contributed by atoms with Crippen LogP contribution < -0.4 is 10.6 Å². The molecular weight excluding hydrogens is 468 g/mol. The van der Waals surface area contributed by atoms with E-state index in [-0.39, 0.29) is 12.2 Å². The smallest absolute Gasteiger partial charge is 0.341 e. The number of carbonyl (C=O) groups is 3. The maximum atomic E-state index is 13.3. The molecule has 0 saturated carbocycles. The highest BCUT2D eigenvalue weighted by Gasteiger charge is 2.46. The summed E-state index contributed by atoms with van der Waals surface area (Å²) in [7, 11) is 0. The van der Waals surface area contributed by atoms with Gasteiger partial charge in [-0.3, -0.25) is 9.59 Å². The molecule has 1 atom stereocenters. The third-order valence-corrected chi connectivity index (χ3v) is 7.47. The Labute approximate surface area is 198 Å². The first-order valence-electron chi connectivity index (χ1n) is 9.79. The molecule has 1 aliphatic rings. The third-order valence-electron chi connectivity index (χ3n) is 4.97. The number of benzene rings is 2. The first-order chi connectivity index (χ1) is 15.3. The lowest BCUT2D eigenvalue weighted by molar-refractivity contribution is -0.126. The zero-order chi connectivity index (χ0) is 22.9. The average Bonchev–Trinajstić information content (AvgIpc) is 3.18. The van der Waals surface area contributed by atoms with Crippen molar-refractivity contribution >= 4 is 63.2 Å². The van der Waals surface area contributed by atoms with Gasteiger partial charge < -0.3 is 15.4 Å². The van der Waals surface area contributed by atoms with Crippen LogP contribution in [0.25, 0.3) is 11.1 Å². The van der Waals surface area contributed by atoms with E-state index in [0.717, 1.165) is 10.5 Å². The van der Waals surface area contributed by atoms with Gasteiger partial charge in [0.05, 0.1) is 12.3 Å². The first-order valence-corrected chi connectivity index (χ1v) is 11.9. The van der Waals surface area contributed by atoms with Crippen molar-refractivity contribution in [2.24, 2.45) is 0 Å². The number of carbonyl (C=O) groups excluding carboxylic acids is 3. The van der Waals surface area contributed by atoms with E-state index in [0.29, 0.717) is 21.3 Å². The molecule has 0 bridgehead atoms. The molecule has 2 aromatic carbocycles. The molecule has 0 spiro atoms. The summed E-state index contributed by atoms with van der Waals surface area (Å²) >= 11 is 8.36. The predicted octanol–water partition coefficient (Wildman–Crippen LogP) is 5.69. The Balaban J connectivity index is 1.68. The fourth-order valence-electron chi connectivity index (χ4n) is 3.24. The number of thiophene rings is 1. The number of rotatable bonds is 5. The molecule has 32 heavy (non-hydrogen) atoms. The first kappa shape index (κ1) is 22.4. The van der Waals surface area contributed by atoms with Gasteiger partial charge in [-0.15, -0.1) is 11.3 Å². The molecule has 2 amide bonds. The monoisotopic (exact) mass is 486 g/mol. The number of amides is 2. The average molecular weight is 487 g/mol. The molecule has 1 aromatic heterocycles. The molecule has 164 valence electrons. The number of anilines is 2. The lowest BCUT2D eigenvalue weighted by Gasteiger charge is -2.31. The van der Waals surface area contributed by atoms with E-state index in [1.807, 2.05) is 18.2 Å². The van der Waals surface area contributed by atoms with Crippen molar-refractivity contribution in [3.8, 4) is 11.1 Å². The minimum Gasteiger partial charge on any atom is -0.462 e. The van der Waals surface area contributed by atoms with Crippen molar-refractivity contribution in [3.63, 3.8) is 0 Å². The molecule has 0 saturated heterocycles. The number of hydrogen-bond acceptors (Lipinski definition) is 6. The SMILES string of the molecule is CCOC(=O)c1c(-c2ccc(Cl)cc2)csc1NC(=O)C1(C)Sc2ccccc2NC1=O. The van der Waals surface area contributed by atoms with Gasteiger partial charge in [0.15, 0.2) is 4.75 Å². The van der Waals surface area contributed by atoms with Crippen LogP contribution >= 0.6 is 34.7 Å². The Morgan fingerprint density at radius 1 is 1.16 bits per heavy atom. The summed E-state index contributed by atoms with van der Waals surface area (Å²) in [6, 6.07) is 14.3. The van der Waals surface area contributed by atoms with E-state index >= 15 is 0 Å². The van der Waals surface area contributed by atoms with Crippen LogP contribution in [0.15, 0.2) is 58.8 Å². The van der Waals surface area contributed by atoms with Crippen LogP contribution in [0.4, 0.5) is 10.7 Å². The highest BCUT2D eigenvalue weighted by Crippen LogP contribution is 2.44. The summed E-state index contributed by atoms with van der Waals surface area (Å²) in [6.07, 6.45) is 0. The van der Waals surface area contributed by atoms with Gasteiger partial charge in [0.25, 0.3) is 5.91 Å². The maximum absolute atomic E-state index is 13.3. The summed E-state index contributed by atoms with van der Waals surface area (Å²) in [5, 5.41) is 8.26. The van der Waals surface area contributed by atoms with E-state index < -0.39 is 22.5 Å². The van der Waals surface area contributed by atoms with Crippen molar-refractivity contribution in [1.29, 1.82) is 0 Å². The largest absolute Gasteiger partial charge is 0.462 e. The molecule has 4 rings (SSSR count). The number of fused-ring (bicyclic) bond motifs is 1. The molecule has 3 aromatic rings. The molecule has 1 unspecified atom stereocenters. The third kappa shape index (κ3) is 4.13. The summed E-state index contributed by atoms with van der Waals surface area (Å²) in [6.45, 7) is 3.47. The van der Waals surface area contributed by atoms with Crippen molar-refractivity contribution < 1.29 is 19.1 Å². The predicted molar refractivity (Wildman–Crippen MR) is 129 cm³/mol. The van der Waals surface area contributed by atoms with Crippen LogP contribution in [0.1, 0.15) is 24.2 Å². The number of nitrogens with one attached hydrogen (secondary N) is 2. The standard InChI is InChI=1S/C23H19ClN2O4S2/c1-3-30-20(27)18-15(13-8-10-14(24)11-9-13)12-31-19(18)26-22(29)23(2)21(28)25-16-6-4-5-7-17(16)32-23/h4-12H,3H2,1-2H3,(H,25,28)(H,26,29). The van der Waals surface area contributed by atoms with Gasteiger partial charge in [-0.2, -0.15) is 0 Å². The molecular formula is C23H19ClN2O4S2. The van der Waals surface area contributed by atoms with Crippen LogP contribution in [0.5, 0.6) is 0 Å².